The molecule has 0 rings (SSSR count). The van der Waals surface area contributed by atoms with E-state index >= 15 is 0 Å². The van der Waals surface area contributed by atoms with E-state index in [1.54, 1.807) is 0 Å². The van der Waals surface area contributed by atoms with Gasteiger partial charge in [0.05, 0.1) is 7.11 Å². The molecule has 4 nitrogen and oxygen atoms in total. The van der Waals surface area contributed by atoms with E-state index in [4.69, 9.17) is 0 Å². The van der Waals surface area contributed by atoms with Gasteiger partial charge in [-0.2, -0.15) is 0 Å². The van der Waals surface area contributed by atoms with Crippen LogP contribution in [-0.2, 0) is 14.3 Å². The molecular formula is C11H21NO3. The Bertz CT molecular complexity index is 243. The van der Waals surface area contributed by atoms with Crippen molar-refractivity contribution in [1.29, 1.82) is 0 Å². The van der Waals surface area contributed by atoms with Gasteiger partial charge in [0.2, 0.25) is 5.91 Å². The Morgan fingerprint density at radius 2 is 1.73 bits per heavy atom. The second kappa shape index (κ2) is 5.14. The first-order chi connectivity index (χ1) is 6.70. The Hall–Kier alpha value is -1.06. The number of rotatable bonds is 3. The fraction of sp³-hybridized carbons (Fsp3) is 0.818. The van der Waals surface area contributed by atoms with Gasteiger partial charge in [-0.25, -0.2) is 4.79 Å². The predicted octanol–water partition coefficient (Wildman–Crippen LogP) is 1.35. The maximum Gasteiger partial charge on any atom is 0.328 e. The molecule has 0 bridgehead atoms. The van der Waals surface area contributed by atoms with E-state index in [0.717, 1.165) is 0 Å². The van der Waals surface area contributed by atoms with E-state index in [-0.39, 0.29) is 17.2 Å². The highest BCUT2D eigenvalue weighted by Crippen LogP contribution is 2.28. The van der Waals surface area contributed by atoms with E-state index in [0.29, 0.717) is 0 Å². The van der Waals surface area contributed by atoms with Gasteiger partial charge in [-0.15, -0.1) is 0 Å². The Balaban J connectivity index is 4.78. The molecule has 0 aliphatic carbocycles. The lowest BCUT2D eigenvalue weighted by Crippen LogP contribution is -2.48. The Kier molecular flexibility index (Phi) is 4.78. The first-order valence-corrected chi connectivity index (χ1v) is 5.05. The van der Waals surface area contributed by atoms with Gasteiger partial charge < -0.3 is 10.1 Å². The number of methoxy groups -OCH3 is 1. The summed E-state index contributed by atoms with van der Waals surface area (Å²) in [5.74, 6) is -0.608. The van der Waals surface area contributed by atoms with Crippen molar-refractivity contribution in [1.82, 2.24) is 5.32 Å². The fourth-order valence-corrected chi connectivity index (χ4v) is 1.23. The molecule has 0 aliphatic rings. The third-order valence-corrected chi connectivity index (χ3v) is 2.68. The molecule has 0 spiro atoms. The van der Waals surface area contributed by atoms with Crippen molar-refractivity contribution in [2.24, 2.45) is 11.3 Å². The molecule has 0 radical (unpaired) electrons. The molecule has 0 fully saturated rings. The van der Waals surface area contributed by atoms with Crippen LogP contribution in [0.3, 0.4) is 0 Å². The van der Waals surface area contributed by atoms with Crippen LogP contribution in [0.4, 0.5) is 0 Å². The lowest BCUT2D eigenvalue weighted by atomic mass is 9.77. The summed E-state index contributed by atoms with van der Waals surface area (Å²) in [6.45, 7) is 9.39. The second-order valence-corrected chi connectivity index (χ2v) is 4.86. The van der Waals surface area contributed by atoms with Crippen LogP contribution in [0.5, 0.6) is 0 Å². The van der Waals surface area contributed by atoms with E-state index < -0.39 is 12.0 Å². The summed E-state index contributed by atoms with van der Waals surface area (Å²) in [5.41, 5.74) is -0.0681. The minimum absolute atomic E-state index is 0.00819. The zero-order chi connectivity index (χ0) is 12.2. The number of hydrogen-bond donors (Lipinski definition) is 1. The van der Waals surface area contributed by atoms with Gasteiger partial charge in [0.25, 0.3) is 0 Å². The summed E-state index contributed by atoms with van der Waals surface area (Å²) in [6.07, 6.45) is 0. The van der Waals surface area contributed by atoms with Gasteiger partial charge >= 0.3 is 5.97 Å². The fourth-order valence-electron chi connectivity index (χ4n) is 1.23. The molecule has 0 aliphatic heterocycles. The highest BCUT2D eigenvalue weighted by Gasteiger charge is 2.34. The molecular weight excluding hydrogens is 194 g/mol. The molecule has 0 saturated heterocycles. The topological polar surface area (TPSA) is 55.4 Å². The summed E-state index contributed by atoms with van der Waals surface area (Å²) >= 11 is 0. The highest BCUT2D eigenvalue weighted by molar-refractivity contribution is 5.83. The average molecular weight is 215 g/mol. The zero-order valence-corrected chi connectivity index (χ0v) is 10.4. The summed E-state index contributed by atoms with van der Waals surface area (Å²) in [7, 11) is 1.33. The minimum Gasteiger partial charge on any atom is -0.467 e. The van der Waals surface area contributed by atoms with Gasteiger partial charge in [0.15, 0.2) is 0 Å². The van der Waals surface area contributed by atoms with Crippen molar-refractivity contribution in [3.05, 3.63) is 0 Å². The van der Waals surface area contributed by atoms with Gasteiger partial charge in [0, 0.05) is 6.92 Å². The van der Waals surface area contributed by atoms with Gasteiger partial charge in [0.1, 0.15) is 6.04 Å². The standard InChI is InChI=1S/C11H21NO3/c1-7(11(3,4)5)9(10(14)15-6)12-8(2)13/h7,9H,1-6H3,(H,12,13)/t7-,9?/m1/s1. The van der Waals surface area contributed by atoms with Crippen LogP contribution < -0.4 is 5.32 Å². The molecule has 15 heavy (non-hydrogen) atoms. The van der Waals surface area contributed by atoms with Crippen LogP contribution in [0.1, 0.15) is 34.6 Å². The van der Waals surface area contributed by atoms with Crippen LogP contribution in [0.25, 0.3) is 0 Å². The molecule has 0 heterocycles. The van der Waals surface area contributed by atoms with Crippen molar-refractivity contribution in [2.45, 2.75) is 40.7 Å². The van der Waals surface area contributed by atoms with Crippen molar-refractivity contribution in [3.63, 3.8) is 0 Å². The van der Waals surface area contributed by atoms with Gasteiger partial charge in [-0.1, -0.05) is 27.7 Å². The first kappa shape index (κ1) is 13.9. The summed E-state index contributed by atoms with van der Waals surface area (Å²) < 4.78 is 4.68. The molecule has 0 saturated carbocycles. The Morgan fingerprint density at radius 1 is 1.27 bits per heavy atom. The van der Waals surface area contributed by atoms with E-state index in [9.17, 15) is 9.59 Å². The number of carbonyl (C=O) groups excluding carboxylic acids is 2. The largest absolute Gasteiger partial charge is 0.467 e. The molecule has 2 atom stereocenters. The summed E-state index contributed by atoms with van der Waals surface area (Å²) in [6, 6.07) is -0.576. The zero-order valence-electron chi connectivity index (χ0n) is 10.4. The number of amides is 1. The van der Waals surface area contributed by atoms with E-state index in [1.807, 2.05) is 27.7 Å². The number of ether oxygens (including phenoxy) is 1. The van der Waals surface area contributed by atoms with Crippen LogP contribution in [0.2, 0.25) is 0 Å². The third-order valence-electron chi connectivity index (χ3n) is 2.68. The first-order valence-electron chi connectivity index (χ1n) is 5.05. The van der Waals surface area contributed by atoms with Crippen LogP contribution in [0, 0.1) is 11.3 Å². The monoisotopic (exact) mass is 215 g/mol. The van der Waals surface area contributed by atoms with Crippen LogP contribution >= 0.6 is 0 Å². The predicted molar refractivity (Wildman–Crippen MR) is 58.2 cm³/mol. The van der Waals surface area contributed by atoms with E-state index in [2.05, 4.69) is 10.1 Å². The maximum absolute atomic E-state index is 11.5. The number of carbonyl (C=O) groups is 2. The highest BCUT2D eigenvalue weighted by atomic mass is 16.5. The Morgan fingerprint density at radius 3 is 2.00 bits per heavy atom. The second-order valence-electron chi connectivity index (χ2n) is 4.86. The third kappa shape index (κ3) is 4.32. The lowest BCUT2D eigenvalue weighted by molar-refractivity contribution is -0.147. The number of hydrogen-bond acceptors (Lipinski definition) is 3. The van der Waals surface area contributed by atoms with Gasteiger partial charge in [-0.05, 0) is 11.3 Å². The quantitative estimate of drug-likeness (QED) is 0.723. The molecule has 1 N–H and O–H groups in total. The van der Waals surface area contributed by atoms with E-state index in [1.165, 1.54) is 14.0 Å². The molecule has 0 aromatic heterocycles. The average Bonchev–Trinajstić information content (AvgIpc) is 2.10. The molecule has 4 heteroatoms. The molecule has 88 valence electrons. The molecule has 0 aromatic carbocycles. The summed E-state index contributed by atoms with van der Waals surface area (Å²) in [4.78, 5) is 22.5. The maximum atomic E-state index is 11.5. The SMILES string of the molecule is COC(=O)C(NC(C)=O)[C@@H](C)C(C)(C)C. The summed E-state index contributed by atoms with van der Waals surface area (Å²) in [5, 5.41) is 2.62. The van der Waals surface area contributed by atoms with Gasteiger partial charge in [-0.3, -0.25) is 4.79 Å². The lowest BCUT2D eigenvalue weighted by Gasteiger charge is -2.32. The molecule has 1 unspecified atom stereocenters. The smallest absolute Gasteiger partial charge is 0.328 e. The van der Waals surface area contributed by atoms with Crippen molar-refractivity contribution in [2.75, 3.05) is 7.11 Å². The van der Waals surface area contributed by atoms with Crippen molar-refractivity contribution in [3.8, 4) is 0 Å². The number of nitrogens with one attached hydrogen (secondary N) is 1. The normalized spacial score (nSPS) is 15.3. The minimum atomic E-state index is -0.576. The van der Waals surface area contributed by atoms with Crippen molar-refractivity contribution < 1.29 is 14.3 Å². The van der Waals surface area contributed by atoms with Crippen LogP contribution in [0.15, 0.2) is 0 Å². The molecule has 1 amide bonds. The molecule has 0 aromatic rings. The number of esters is 1. The van der Waals surface area contributed by atoms with Crippen LogP contribution in [-0.4, -0.2) is 25.0 Å². The Labute approximate surface area is 91.4 Å². The van der Waals surface area contributed by atoms with Crippen molar-refractivity contribution >= 4 is 11.9 Å².